The number of hydrogen-bond acceptors (Lipinski definition) is 3. The van der Waals surface area contributed by atoms with E-state index in [4.69, 9.17) is 14.2 Å². The van der Waals surface area contributed by atoms with Crippen molar-refractivity contribution in [1.82, 2.24) is 0 Å². The molecule has 0 bridgehead atoms. The highest BCUT2D eigenvalue weighted by Gasteiger charge is 2.25. The van der Waals surface area contributed by atoms with Crippen LogP contribution in [0, 0.1) is 17.5 Å². The van der Waals surface area contributed by atoms with E-state index in [1.807, 2.05) is 6.92 Å². The second kappa shape index (κ2) is 9.43. The van der Waals surface area contributed by atoms with Crippen molar-refractivity contribution < 1.29 is 27.4 Å². The van der Waals surface area contributed by atoms with Gasteiger partial charge in [0.15, 0.2) is 11.6 Å². The van der Waals surface area contributed by atoms with Crippen molar-refractivity contribution in [2.24, 2.45) is 0 Å². The van der Waals surface area contributed by atoms with Gasteiger partial charge in [0.2, 0.25) is 5.82 Å². The normalized spacial score (nSPS) is 19.6. The van der Waals surface area contributed by atoms with Crippen LogP contribution in [0.15, 0.2) is 30.3 Å². The quantitative estimate of drug-likeness (QED) is 0.623. The van der Waals surface area contributed by atoms with Crippen LogP contribution in [0.1, 0.15) is 38.2 Å². The van der Waals surface area contributed by atoms with Gasteiger partial charge in [-0.15, -0.1) is 0 Å². The second-order valence-electron chi connectivity index (χ2n) is 6.80. The molecule has 0 saturated carbocycles. The molecule has 0 aliphatic carbocycles. The molecule has 2 atom stereocenters. The number of ether oxygens (including phenoxy) is 3. The zero-order valence-electron chi connectivity index (χ0n) is 16.1. The molecule has 1 heterocycles. The third-order valence-corrected chi connectivity index (χ3v) is 4.98. The van der Waals surface area contributed by atoms with E-state index in [0.29, 0.717) is 25.4 Å². The predicted molar refractivity (Wildman–Crippen MR) is 101 cm³/mol. The van der Waals surface area contributed by atoms with Gasteiger partial charge in [-0.05, 0) is 56.0 Å². The Labute approximate surface area is 163 Å². The number of hydrogen-bond donors (Lipinski definition) is 0. The third-order valence-electron chi connectivity index (χ3n) is 4.98. The molecule has 28 heavy (non-hydrogen) atoms. The Bertz CT molecular complexity index is 802. The van der Waals surface area contributed by atoms with Gasteiger partial charge in [0.25, 0.3) is 0 Å². The van der Waals surface area contributed by atoms with Gasteiger partial charge in [0, 0.05) is 18.1 Å². The molecule has 0 radical (unpaired) electrons. The first-order valence-corrected chi connectivity index (χ1v) is 9.65. The SMILES string of the molecule is CCOCC1CCC(c2ccc(-c3ccc(OCC)c(F)c3F)cc2F)CO1. The Morgan fingerprint density at radius 3 is 2.46 bits per heavy atom. The Morgan fingerprint density at radius 2 is 1.82 bits per heavy atom. The molecule has 0 amide bonds. The van der Waals surface area contributed by atoms with Gasteiger partial charge >= 0.3 is 0 Å². The zero-order chi connectivity index (χ0) is 20.1. The van der Waals surface area contributed by atoms with Crippen LogP contribution in [0.3, 0.4) is 0 Å². The van der Waals surface area contributed by atoms with E-state index in [-0.39, 0.29) is 35.5 Å². The van der Waals surface area contributed by atoms with Gasteiger partial charge in [-0.25, -0.2) is 8.78 Å². The molecule has 2 unspecified atom stereocenters. The van der Waals surface area contributed by atoms with E-state index in [9.17, 15) is 13.2 Å². The van der Waals surface area contributed by atoms with E-state index >= 15 is 0 Å². The van der Waals surface area contributed by atoms with Crippen LogP contribution in [-0.2, 0) is 9.47 Å². The minimum Gasteiger partial charge on any atom is -0.491 e. The lowest BCUT2D eigenvalue weighted by Gasteiger charge is -2.29. The fraction of sp³-hybridized carbons (Fsp3) is 0.455. The summed E-state index contributed by atoms with van der Waals surface area (Å²) in [5, 5.41) is 0. The molecule has 0 spiro atoms. The van der Waals surface area contributed by atoms with Crippen LogP contribution in [0.4, 0.5) is 13.2 Å². The van der Waals surface area contributed by atoms with Crippen molar-refractivity contribution >= 4 is 0 Å². The molecule has 1 fully saturated rings. The Kier molecular flexibility index (Phi) is 6.97. The summed E-state index contributed by atoms with van der Waals surface area (Å²) in [5.41, 5.74) is 0.820. The number of rotatable bonds is 7. The first-order valence-electron chi connectivity index (χ1n) is 9.65. The molecular weight excluding hydrogens is 369 g/mol. The van der Waals surface area contributed by atoms with Crippen LogP contribution in [-0.4, -0.2) is 32.5 Å². The van der Waals surface area contributed by atoms with Crippen molar-refractivity contribution in [2.75, 3.05) is 26.4 Å². The molecule has 2 aromatic carbocycles. The van der Waals surface area contributed by atoms with Gasteiger partial charge in [-0.3, -0.25) is 0 Å². The monoisotopic (exact) mass is 394 g/mol. The van der Waals surface area contributed by atoms with Crippen molar-refractivity contribution in [3.63, 3.8) is 0 Å². The molecule has 0 aromatic heterocycles. The minimum atomic E-state index is -1.06. The van der Waals surface area contributed by atoms with E-state index in [0.717, 1.165) is 12.8 Å². The molecule has 1 saturated heterocycles. The Balaban J connectivity index is 1.76. The van der Waals surface area contributed by atoms with Gasteiger partial charge in [-0.1, -0.05) is 12.1 Å². The predicted octanol–water partition coefficient (Wildman–Crippen LogP) is 5.47. The van der Waals surface area contributed by atoms with Gasteiger partial charge in [-0.2, -0.15) is 4.39 Å². The summed E-state index contributed by atoms with van der Waals surface area (Å²) in [6.07, 6.45) is 1.63. The third kappa shape index (κ3) is 4.50. The largest absolute Gasteiger partial charge is 0.491 e. The summed E-state index contributed by atoms with van der Waals surface area (Å²) in [6, 6.07) is 7.26. The summed E-state index contributed by atoms with van der Waals surface area (Å²) in [5.74, 6) is -2.76. The molecule has 3 rings (SSSR count). The van der Waals surface area contributed by atoms with E-state index < -0.39 is 17.5 Å². The fourth-order valence-corrected chi connectivity index (χ4v) is 3.48. The molecular formula is C22H25F3O3. The maximum atomic E-state index is 14.7. The van der Waals surface area contributed by atoms with Gasteiger partial charge < -0.3 is 14.2 Å². The summed E-state index contributed by atoms with van der Waals surface area (Å²) < 4.78 is 59.4. The summed E-state index contributed by atoms with van der Waals surface area (Å²) in [6.45, 7) is 5.46. The Morgan fingerprint density at radius 1 is 1.00 bits per heavy atom. The molecule has 152 valence electrons. The van der Waals surface area contributed by atoms with Gasteiger partial charge in [0.05, 0.1) is 25.9 Å². The first kappa shape index (κ1) is 20.7. The van der Waals surface area contributed by atoms with Crippen molar-refractivity contribution in [2.45, 2.75) is 38.7 Å². The van der Waals surface area contributed by atoms with E-state index in [1.165, 1.54) is 18.2 Å². The van der Waals surface area contributed by atoms with E-state index in [1.54, 1.807) is 19.1 Å². The lowest BCUT2D eigenvalue weighted by molar-refractivity contribution is -0.0464. The van der Waals surface area contributed by atoms with Crippen LogP contribution in [0.2, 0.25) is 0 Å². The van der Waals surface area contributed by atoms with Crippen LogP contribution in [0.25, 0.3) is 11.1 Å². The molecule has 1 aliphatic rings. The standard InChI is InChI=1S/C22H25F3O3/c1-3-26-13-16-7-5-15(12-28-16)17-8-6-14(11-19(17)23)18-9-10-20(27-4-2)22(25)21(18)24/h6,8-11,15-16H,3-5,7,12-13H2,1-2H3. The zero-order valence-corrected chi connectivity index (χ0v) is 16.1. The molecule has 6 heteroatoms. The first-order chi connectivity index (χ1) is 13.5. The second-order valence-corrected chi connectivity index (χ2v) is 6.80. The highest BCUT2D eigenvalue weighted by atomic mass is 19.2. The van der Waals surface area contributed by atoms with Gasteiger partial charge in [0.1, 0.15) is 5.82 Å². The summed E-state index contributed by atoms with van der Waals surface area (Å²) >= 11 is 0. The highest BCUT2D eigenvalue weighted by Crippen LogP contribution is 2.34. The minimum absolute atomic E-state index is 0.00285. The van der Waals surface area contributed by atoms with E-state index in [2.05, 4.69) is 0 Å². The Hall–Kier alpha value is -2.05. The van der Waals surface area contributed by atoms with Crippen LogP contribution < -0.4 is 4.74 Å². The number of benzene rings is 2. The average Bonchev–Trinajstić information content (AvgIpc) is 2.70. The molecule has 0 N–H and O–H groups in total. The summed E-state index contributed by atoms with van der Waals surface area (Å²) in [7, 11) is 0. The lowest BCUT2D eigenvalue weighted by Crippen LogP contribution is -2.29. The summed E-state index contributed by atoms with van der Waals surface area (Å²) in [4.78, 5) is 0. The number of halogens is 3. The molecule has 2 aromatic rings. The topological polar surface area (TPSA) is 27.7 Å². The highest BCUT2D eigenvalue weighted by molar-refractivity contribution is 5.66. The van der Waals surface area contributed by atoms with Crippen LogP contribution >= 0.6 is 0 Å². The lowest BCUT2D eigenvalue weighted by atomic mass is 9.89. The maximum Gasteiger partial charge on any atom is 0.201 e. The average molecular weight is 394 g/mol. The van der Waals surface area contributed by atoms with Crippen molar-refractivity contribution in [3.8, 4) is 16.9 Å². The fourth-order valence-electron chi connectivity index (χ4n) is 3.48. The molecule has 1 aliphatic heterocycles. The van der Waals surface area contributed by atoms with Crippen molar-refractivity contribution in [3.05, 3.63) is 53.3 Å². The smallest absolute Gasteiger partial charge is 0.201 e. The molecule has 3 nitrogen and oxygen atoms in total. The van der Waals surface area contributed by atoms with Crippen LogP contribution in [0.5, 0.6) is 5.75 Å². The maximum absolute atomic E-state index is 14.7. The van der Waals surface area contributed by atoms with Crippen molar-refractivity contribution in [1.29, 1.82) is 0 Å².